The quantitative estimate of drug-likeness (QED) is 0.403. The second kappa shape index (κ2) is 11.4. The van der Waals surface area contributed by atoms with Gasteiger partial charge in [-0.15, -0.1) is 0 Å². The Hall–Kier alpha value is -3.32. The highest BCUT2D eigenvalue weighted by atomic mass is 16.5. The second-order valence-electron chi connectivity index (χ2n) is 9.11. The van der Waals surface area contributed by atoms with Gasteiger partial charge in [-0.3, -0.25) is 19.8 Å². The molecule has 0 spiro atoms. The van der Waals surface area contributed by atoms with Crippen LogP contribution in [0.4, 0.5) is 0 Å². The van der Waals surface area contributed by atoms with E-state index in [0.717, 1.165) is 55.1 Å². The van der Waals surface area contributed by atoms with Crippen LogP contribution in [0.5, 0.6) is 5.75 Å². The summed E-state index contributed by atoms with van der Waals surface area (Å²) in [4.78, 5) is 13.9. The molecule has 1 aliphatic rings. The molecule has 180 valence electrons. The van der Waals surface area contributed by atoms with Crippen molar-refractivity contribution in [1.29, 1.82) is 0 Å². The first-order chi connectivity index (χ1) is 17.3. The number of hydrogen-bond acceptors (Lipinski definition) is 6. The lowest BCUT2D eigenvalue weighted by atomic mass is 9.94. The van der Waals surface area contributed by atoms with Gasteiger partial charge < -0.3 is 9.84 Å². The van der Waals surface area contributed by atoms with Crippen LogP contribution < -0.4 is 4.74 Å². The molecule has 1 N–H and O–H groups in total. The fourth-order valence-corrected chi connectivity index (χ4v) is 4.79. The number of aliphatic hydroxyl groups is 1. The molecular weight excluding hydrogens is 436 g/mol. The molecule has 2 aromatic heterocycles. The molecule has 0 amide bonds. The minimum Gasteiger partial charge on any atom is -0.490 e. The van der Waals surface area contributed by atoms with E-state index in [9.17, 15) is 5.11 Å². The van der Waals surface area contributed by atoms with E-state index in [1.165, 1.54) is 5.56 Å². The number of benzene rings is 2. The van der Waals surface area contributed by atoms with Crippen molar-refractivity contribution in [3.63, 3.8) is 0 Å². The van der Waals surface area contributed by atoms with E-state index in [0.29, 0.717) is 6.54 Å². The average molecular weight is 469 g/mol. The van der Waals surface area contributed by atoms with Crippen molar-refractivity contribution in [3.8, 4) is 5.75 Å². The Kier molecular flexibility index (Phi) is 7.63. The SMILES string of the molecule is OC(COc1cccc2ncccc12)CN1CCN(CC(c2ccccc2)c2ccccn2)CC1. The number of ether oxygens (including phenoxy) is 1. The Balaban J connectivity index is 1.13. The minimum atomic E-state index is -0.543. The van der Waals surface area contributed by atoms with E-state index < -0.39 is 6.10 Å². The normalized spacial score (nSPS) is 16.7. The Labute approximate surface area is 206 Å². The number of aliphatic hydroxyl groups excluding tert-OH is 1. The van der Waals surface area contributed by atoms with Crippen molar-refractivity contribution in [2.75, 3.05) is 45.9 Å². The topological polar surface area (TPSA) is 61.7 Å². The highest BCUT2D eigenvalue weighted by Gasteiger charge is 2.24. The van der Waals surface area contributed by atoms with Gasteiger partial charge in [-0.1, -0.05) is 42.5 Å². The van der Waals surface area contributed by atoms with E-state index in [1.807, 2.05) is 42.6 Å². The molecule has 1 aliphatic heterocycles. The number of pyridine rings is 2. The molecule has 0 bridgehead atoms. The molecule has 1 saturated heterocycles. The maximum atomic E-state index is 10.6. The summed E-state index contributed by atoms with van der Waals surface area (Å²) in [5.41, 5.74) is 3.30. The first-order valence-electron chi connectivity index (χ1n) is 12.3. The lowest BCUT2D eigenvalue weighted by Crippen LogP contribution is -2.50. The first-order valence-corrected chi connectivity index (χ1v) is 12.3. The lowest BCUT2D eigenvalue weighted by molar-refractivity contribution is 0.0458. The minimum absolute atomic E-state index is 0.248. The summed E-state index contributed by atoms with van der Waals surface area (Å²) in [5.74, 6) is 1.01. The summed E-state index contributed by atoms with van der Waals surface area (Å²) in [6.45, 7) is 5.62. The van der Waals surface area contributed by atoms with Crippen molar-refractivity contribution in [2.24, 2.45) is 0 Å². The van der Waals surface area contributed by atoms with Crippen molar-refractivity contribution < 1.29 is 9.84 Å². The van der Waals surface area contributed by atoms with Crippen LogP contribution in [-0.2, 0) is 0 Å². The predicted molar refractivity (Wildman–Crippen MR) is 139 cm³/mol. The van der Waals surface area contributed by atoms with Crippen molar-refractivity contribution >= 4 is 10.9 Å². The molecule has 35 heavy (non-hydrogen) atoms. The van der Waals surface area contributed by atoms with Gasteiger partial charge in [-0.05, 0) is 42.0 Å². The van der Waals surface area contributed by atoms with Crippen LogP contribution in [0.3, 0.4) is 0 Å². The standard InChI is InChI=1S/C29H32N4O2/c34-24(22-35-29-13-6-12-27-25(29)10-7-15-31-27)20-32-16-18-33(19-17-32)21-26(23-8-2-1-3-9-23)28-11-4-5-14-30-28/h1-15,24,26,34H,16-22H2. The molecule has 2 aromatic carbocycles. The Bertz CT molecular complexity index is 1150. The van der Waals surface area contributed by atoms with E-state index in [-0.39, 0.29) is 12.5 Å². The lowest BCUT2D eigenvalue weighted by Gasteiger charge is -2.37. The molecular formula is C29H32N4O2. The summed E-state index contributed by atoms with van der Waals surface area (Å²) in [5, 5.41) is 11.6. The fraction of sp³-hybridized carbons (Fsp3) is 0.310. The van der Waals surface area contributed by atoms with Gasteiger partial charge in [0.2, 0.25) is 0 Å². The fourth-order valence-electron chi connectivity index (χ4n) is 4.79. The van der Waals surface area contributed by atoms with Gasteiger partial charge in [0.1, 0.15) is 18.5 Å². The second-order valence-corrected chi connectivity index (χ2v) is 9.11. The number of aromatic nitrogens is 2. The summed E-state index contributed by atoms with van der Waals surface area (Å²) in [7, 11) is 0. The van der Waals surface area contributed by atoms with Crippen LogP contribution in [0, 0.1) is 0 Å². The maximum Gasteiger partial charge on any atom is 0.128 e. The molecule has 4 aromatic rings. The highest BCUT2D eigenvalue weighted by Crippen LogP contribution is 2.25. The van der Waals surface area contributed by atoms with E-state index in [2.05, 4.69) is 62.2 Å². The van der Waals surface area contributed by atoms with Gasteiger partial charge in [0, 0.05) is 68.7 Å². The van der Waals surface area contributed by atoms with E-state index in [1.54, 1.807) is 6.20 Å². The van der Waals surface area contributed by atoms with Gasteiger partial charge >= 0.3 is 0 Å². The third-order valence-corrected chi connectivity index (χ3v) is 6.66. The van der Waals surface area contributed by atoms with Crippen molar-refractivity contribution in [1.82, 2.24) is 19.8 Å². The molecule has 5 rings (SSSR count). The summed E-state index contributed by atoms with van der Waals surface area (Å²) < 4.78 is 5.96. The van der Waals surface area contributed by atoms with Crippen LogP contribution in [0.25, 0.3) is 10.9 Å². The molecule has 2 unspecified atom stereocenters. The third-order valence-electron chi connectivity index (χ3n) is 6.66. The van der Waals surface area contributed by atoms with Gasteiger partial charge in [0.25, 0.3) is 0 Å². The van der Waals surface area contributed by atoms with Crippen LogP contribution in [0.2, 0.25) is 0 Å². The molecule has 6 nitrogen and oxygen atoms in total. The number of rotatable bonds is 9. The molecule has 3 heterocycles. The molecule has 6 heteroatoms. The highest BCUT2D eigenvalue weighted by molar-refractivity contribution is 5.84. The number of β-amino-alcohol motifs (C(OH)–C–C–N with tert-alkyl or cyclic N) is 1. The zero-order valence-electron chi connectivity index (χ0n) is 19.9. The Morgan fingerprint density at radius 3 is 2.26 bits per heavy atom. The number of hydrogen-bond donors (Lipinski definition) is 1. The zero-order chi connectivity index (χ0) is 23.9. The molecule has 0 radical (unpaired) electrons. The number of fused-ring (bicyclic) bond motifs is 1. The van der Waals surface area contributed by atoms with Gasteiger partial charge in [0.05, 0.1) is 5.52 Å². The summed E-state index contributed by atoms with van der Waals surface area (Å²) in [6.07, 6.45) is 3.11. The molecule has 0 aliphatic carbocycles. The van der Waals surface area contributed by atoms with E-state index in [4.69, 9.17) is 4.74 Å². The zero-order valence-corrected chi connectivity index (χ0v) is 19.9. The first kappa shape index (κ1) is 23.4. The van der Waals surface area contributed by atoms with Crippen LogP contribution >= 0.6 is 0 Å². The summed E-state index contributed by atoms with van der Waals surface area (Å²) >= 11 is 0. The van der Waals surface area contributed by atoms with Gasteiger partial charge in [-0.25, -0.2) is 0 Å². The number of nitrogens with zero attached hydrogens (tertiary/aromatic N) is 4. The van der Waals surface area contributed by atoms with Crippen LogP contribution in [0.1, 0.15) is 17.2 Å². The monoisotopic (exact) mass is 468 g/mol. The molecule has 0 saturated carbocycles. The van der Waals surface area contributed by atoms with Gasteiger partial charge in [-0.2, -0.15) is 0 Å². The smallest absolute Gasteiger partial charge is 0.128 e. The number of piperazine rings is 1. The Morgan fingerprint density at radius 2 is 1.49 bits per heavy atom. The predicted octanol–water partition coefficient (Wildman–Crippen LogP) is 3.82. The molecule has 2 atom stereocenters. The van der Waals surface area contributed by atoms with Crippen molar-refractivity contribution in [3.05, 3.63) is 103 Å². The average Bonchev–Trinajstić information content (AvgIpc) is 2.92. The van der Waals surface area contributed by atoms with Crippen LogP contribution in [0.15, 0.2) is 91.3 Å². The van der Waals surface area contributed by atoms with Crippen LogP contribution in [-0.4, -0.2) is 76.9 Å². The third kappa shape index (κ3) is 6.03. The van der Waals surface area contributed by atoms with Gasteiger partial charge in [0.15, 0.2) is 0 Å². The van der Waals surface area contributed by atoms with Crippen molar-refractivity contribution in [2.45, 2.75) is 12.0 Å². The Morgan fingerprint density at radius 1 is 0.743 bits per heavy atom. The van der Waals surface area contributed by atoms with E-state index >= 15 is 0 Å². The molecule has 1 fully saturated rings. The maximum absolute atomic E-state index is 10.6. The summed E-state index contributed by atoms with van der Waals surface area (Å²) in [6, 6.07) is 26.5. The largest absolute Gasteiger partial charge is 0.490 e.